The number of nitrogens with zero attached hydrogens (tertiary/aromatic N) is 1. The number of rotatable bonds is 15. The van der Waals surface area contributed by atoms with Crippen LogP contribution in [0.25, 0.3) is 0 Å². The number of hydrogen-bond donors (Lipinski definition) is 3. The van der Waals surface area contributed by atoms with E-state index >= 15 is 0 Å². The van der Waals surface area contributed by atoms with Crippen LogP contribution in [0, 0.1) is 11.6 Å². The van der Waals surface area contributed by atoms with Gasteiger partial charge < -0.3 is 25.4 Å². The van der Waals surface area contributed by atoms with Crippen molar-refractivity contribution in [3.63, 3.8) is 0 Å². The van der Waals surface area contributed by atoms with E-state index in [0.29, 0.717) is 31.7 Å². The van der Waals surface area contributed by atoms with Crippen molar-refractivity contribution in [1.82, 2.24) is 15.5 Å². The Morgan fingerprint density at radius 2 is 1.85 bits per heavy atom. The van der Waals surface area contributed by atoms with Gasteiger partial charge in [-0.25, -0.2) is 8.78 Å². The third-order valence-corrected chi connectivity index (χ3v) is 7.12. The molecule has 3 rings (SSSR count). The molecular formula is C30H41F2N3O4. The Hall–Kier alpha value is -2.88. The minimum atomic E-state index is -1.00. The largest absolute Gasteiger partial charge is 0.390 e. The fourth-order valence-electron chi connectivity index (χ4n) is 5.08. The number of carbonyl (C=O) groups excluding carboxylic acids is 2. The number of ether oxygens (including phenoxy) is 1. The van der Waals surface area contributed by atoms with Crippen molar-refractivity contribution in [2.75, 3.05) is 26.8 Å². The van der Waals surface area contributed by atoms with Crippen LogP contribution >= 0.6 is 0 Å². The van der Waals surface area contributed by atoms with E-state index in [1.165, 1.54) is 17.7 Å². The number of benzene rings is 2. The van der Waals surface area contributed by atoms with Gasteiger partial charge in [0.15, 0.2) is 0 Å². The summed E-state index contributed by atoms with van der Waals surface area (Å²) in [5.74, 6) is -1.75. The first-order valence-corrected chi connectivity index (χ1v) is 13.8. The van der Waals surface area contributed by atoms with Gasteiger partial charge in [0.1, 0.15) is 11.6 Å². The molecule has 1 fully saturated rings. The molecule has 39 heavy (non-hydrogen) atoms. The van der Waals surface area contributed by atoms with E-state index in [2.05, 4.69) is 29.7 Å². The lowest BCUT2D eigenvalue weighted by Gasteiger charge is -2.25. The topological polar surface area (TPSA) is 90.9 Å². The van der Waals surface area contributed by atoms with Crippen LogP contribution in [-0.4, -0.2) is 66.8 Å². The highest BCUT2D eigenvalue weighted by Crippen LogP contribution is 2.19. The number of methoxy groups -OCH3 is 1. The molecule has 2 aromatic rings. The SMILES string of the molecule is CCc1cccc(CNCC(O)C(Cc2cc(F)cc(F)c2)NC(=O)CCCC(=O)N2CCCC2COC)c1. The normalized spacial score (nSPS) is 16.7. The Balaban J connectivity index is 1.55. The minimum Gasteiger partial charge on any atom is -0.390 e. The summed E-state index contributed by atoms with van der Waals surface area (Å²) >= 11 is 0. The van der Waals surface area contributed by atoms with E-state index in [0.717, 1.165) is 30.9 Å². The Labute approximate surface area is 229 Å². The molecule has 3 N–H and O–H groups in total. The van der Waals surface area contributed by atoms with E-state index < -0.39 is 23.8 Å². The Kier molecular flexibility index (Phi) is 12.3. The van der Waals surface area contributed by atoms with Crippen LogP contribution in [0.4, 0.5) is 8.78 Å². The molecule has 1 aliphatic heterocycles. The van der Waals surface area contributed by atoms with Gasteiger partial charge in [-0.2, -0.15) is 0 Å². The molecule has 2 aromatic carbocycles. The highest BCUT2D eigenvalue weighted by atomic mass is 19.1. The zero-order valence-electron chi connectivity index (χ0n) is 22.9. The minimum absolute atomic E-state index is 0.00510. The van der Waals surface area contributed by atoms with Gasteiger partial charge in [-0.05, 0) is 60.9 Å². The zero-order valence-corrected chi connectivity index (χ0v) is 22.9. The van der Waals surface area contributed by atoms with Gasteiger partial charge in [0.2, 0.25) is 11.8 Å². The fourth-order valence-corrected chi connectivity index (χ4v) is 5.08. The first-order valence-electron chi connectivity index (χ1n) is 13.8. The number of amides is 2. The van der Waals surface area contributed by atoms with E-state index in [-0.39, 0.29) is 43.7 Å². The summed E-state index contributed by atoms with van der Waals surface area (Å²) in [5, 5.41) is 17.0. The molecule has 0 spiro atoms. The number of nitrogens with one attached hydrogen (secondary N) is 2. The van der Waals surface area contributed by atoms with Crippen LogP contribution < -0.4 is 10.6 Å². The second-order valence-electron chi connectivity index (χ2n) is 10.2. The first-order chi connectivity index (χ1) is 18.8. The molecule has 3 atom stereocenters. The van der Waals surface area contributed by atoms with Gasteiger partial charge in [-0.15, -0.1) is 0 Å². The molecule has 0 radical (unpaired) electrons. The number of hydrogen-bond acceptors (Lipinski definition) is 5. The molecule has 7 nitrogen and oxygen atoms in total. The molecule has 0 aromatic heterocycles. The van der Waals surface area contributed by atoms with Crippen molar-refractivity contribution in [1.29, 1.82) is 0 Å². The van der Waals surface area contributed by atoms with Crippen LogP contribution in [0.1, 0.15) is 55.7 Å². The Morgan fingerprint density at radius 3 is 2.56 bits per heavy atom. The van der Waals surface area contributed by atoms with Crippen molar-refractivity contribution >= 4 is 11.8 Å². The predicted octanol–water partition coefficient (Wildman–Crippen LogP) is 3.51. The average Bonchev–Trinajstić information content (AvgIpc) is 3.36. The van der Waals surface area contributed by atoms with Crippen molar-refractivity contribution in [2.45, 2.75) is 76.6 Å². The van der Waals surface area contributed by atoms with Gasteiger partial charge in [0, 0.05) is 45.7 Å². The van der Waals surface area contributed by atoms with Crippen LogP contribution in [0.5, 0.6) is 0 Å². The van der Waals surface area contributed by atoms with E-state index in [1.54, 1.807) is 7.11 Å². The number of aryl methyl sites for hydroxylation is 1. The molecule has 214 valence electrons. The summed E-state index contributed by atoms with van der Waals surface area (Å²) in [6, 6.07) is 10.6. The maximum Gasteiger partial charge on any atom is 0.222 e. The van der Waals surface area contributed by atoms with Crippen molar-refractivity contribution in [2.24, 2.45) is 0 Å². The van der Waals surface area contributed by atoms with Gasteiger partial charge in [0.05, 0.1) is 24.8 Å². The zero-order chi connectivity index (χ0) is 28.2. The Morgan fingerprint density at radius 1 is 1.10 bits per heavy atom. The third-order valence-electron chi connectivity index (χ3n) is 7.12. The summed E-state index contributed by atoms with van der Waals surface area (Å²) < 4.78 is 32.8. The Bertz CT molecular complexity index is 1060. The molecule has 0 aliphatic carbocycles. The second kappa shape index (κ2) is 15.6. The first kappa shape index (κ1) is 30.7. The standard InChI is InChI=1S/C30H41F2N3O4/c1-3-21-7-4-8-22(13-21)18-33-19-28(36)27(16-23-14-24(31)17-25(32)15-23)34-29(37)10-5-11-30(38)35-12-6-9-26(35)20-39-2/h4,7-8,13-15,17,26-28,33,36H,3,5-6,9-12,16,18-20H2,1-2H3,(H,34,37). The lowest BCUT2D eigenvalue weighted by atomic mass is 10.00. The third kappa shape index (κ3) is 9.98. The van der Waals surface area contributed by atoms with Crippen molar-refractivity contribution < 1.29 is 28.2 Å². The number of halogens is 2. The highest BCUT2D eigenvalue weighted by Gasteiger charge is 2.28. The summed E-state index contributed by atoms with van der Waals surface area (Å²) in [6.45, 7) is 3.99. The molecule has 2 amide bonds. The molecule has 0 bridgehead atoms. The smallest absolute Gasteiger partial charge is 0.222 e. The van der Waals surface area contributed by atoms with E-state index in [4.69, 9.17) is 4.74 Å². The monoisotopic (exact) mass is 545 g/mol. The lowest BCUT2D eigenvalue weighted by molar-refractivity contribution is -0.133. The molecule has 1 aliphatic rings. The molecule has 1 heterocycles. The predicted molar refractivity (Wildman–Crippen MR) is 146 cm³/mol. The van der Waals surface area contributed by atoms with Gasteiger partial charge in [0.25, 0.3) is 0 Å². The maximum atomic E-state index is 13.8. The van der Waals surface area contributed by atoms with Crippen LogP contribution in [0.2, 0.25) is 0 Å². The highest BCUT2D eigenvalue weighted by molar-refractivity contribution is 5.79. The summed E-state index contributed by atoms with van der Waals surface area (Å²) in [7, 11) is 1.62. The molecular weight excluding hydrogens is 504 g/mol. The van der Waals surface area contributed by atoms with Crippen LogP contribution in [-0.2, 0) is 33.7 Å². The summed E-state index contributed by atoms with van der Waals surface area (Å²) in [5.41, 5.74) is 2.62. The number of likely N-dealkylation sites (tertiary alicyclic amines) is 1. The number of carbonyl (C=O) groups is 2. The summed E-state index contributed by atoms with van der Waals surface area (Å²) in [6.07, 6.45) is 2.55. The average molecular weight is 546 g/mol. The van der Waals surface area contributed by atoms with E-state index in [9.17, 15) is 23.5 Å². The molecule has 1 saturated heterocycles. The lowest BCUT2D eigenvalue weighted by Crippen LogP contribution is -2.48. The van der Waals surface area contributed by atoms with Crippen molar-refractivity contribution in [3.8, 4) is 0 Å². The van der Waals surface area contributed by atoms with Crippen molar-refractivity contribution in [3.05, 3.63) is 70.8 Å². The van der Waals surface area contributed by atoms with Crippen LogP contribution in [0.15, 0.2) is 42.5 Å². The number of aliphatic hydroxyl groups is 1. The fraction of sp³-hybridized carbons (Fsp3) is 0.533. The summed E-state index contributed by atoms with van der Waals surface area (Å²) in [4.78, 5) is 27.3. The quantitative estimate of drug-likeness (QED) is 0.319. The second-order valence-corrected chi connectivity index (χ2v) is 10.2. The molecule has 9 heteroatoms. The number of aliphatic hydroxyl groups excluding tert-OH is 1. The molecule has 0 saturated carbocycles. The van der Waals surface area contributed by atoms with Gasteiger partial charge >= 0.3 is 0 Å². The molecule has 3 unspecified atom stereocenters. The van der Waals surface area contributed by atoms with Gasteiger partial charge in [-0.1, -0.05) is 31.2 Å². The van der Waals surface area contributed by atoms with E-state index in [1.807, 2.05) is 17.0 Å². The van der Waals surface area contributed by atoms with Gasteiger partial charge in [-0.3, -0.25) is 9.59 Å². The maximum absolute atomic E-state index is 13.8. The van der Waals surface area contributed by atoms with Crippen LogP contribution in [0.3, 0.4) is 0 Å².